The molecule has 2 bridgehead atoms. The highest BCUT2D eigenvalue weighted by atomic mass is 28.4. The summed E-state index contributed by atoms with van der Waals surface area (Å²) in [6, 6.07) is 20.7. The first-order valence-corrected chi connectivity index (χ1v) is 13.8. The van der Waals surface area contributed by atoms with Crippen LogP contribution in [0.25, 0.3) is 0 Å². The number of esters is 2. The zero-order valence-electron chi connectivity index (χ0n) is 20.5. The Balaban J connectivity index is 1.80. The smallest absolute Gasteiger partial charge is 0.303 e. The van der Waals surface area contributed by atoms with Gasteiger partial charge < -0.3 is 18.6 Å². The highest BCUT2D eigenvalue weighted by Gasteiger charge is 2.61. The maximum atomic E-state index is 12.0. The average molecular weight is 483 g/mol. The summed E-state index contributed by atoms with van der Waals surface area (Å²) in [5, 5.41) is 2.06. The molecule has 0 unspecified atom stereocenters. The minimum Gasteiger partial charge on any atom is -0.465 e. The zero-order valence-corrected chi connectivity index (χ0v) is 21.5. The van der Waals surface area contributed by atoms with Crippen LogP contribution in [0.1, 0.15) is 41.0 Å². The van der Waals surface area contributed by atoms with Gasteiger partial charge in [-0.2, -0.15) is 0 Å². The molecule has 0 aromatic heterocycles. The van der Waals surface area contributed by atoms with E-state index in [1.807, 2.05) is 36.4 Å². The fraction of sp³-hybridized carbons (Fsp3) is 0.481. The normalized spacial score (nSPS) is 26.3. The molecule has 182 valence electrons. The van der Waals surface area contributed by atoms with Gasteiger partial charge in [0, 0.05) is 19.8 Å². The zero-order chi connectivity index (χ0) is 24.5. The van der Waals surface area contributed by atoms with Gasteiger partial charge in [-0.05, 0) is 21.8 Å². The average Bonchev–Trinajstić information content (AvgIpc) is 3.34. The molecule has 0 radical (unpaired) electrons. The topological polar surface area (TPSA) is 71.1 Å². The molecular weight excluding hydrogens is 448 g/mol. The Labute approximate surface area is 202 Å². The second-order valence-corrected chi connectivity index (χ2v) is 14.5. The molecule has 2 aliphatic heterocycles. The molecule has 34 heavy (non-hydrogen) atoms. The Morgan fingerprint density at radius 2 is 1.47 bits per heavy atom. The van der Waals surface area contributed by atoms with Crippen molar-refractivity contribution >= 4 is 30.6 Å². The van der Waals surface area contributed by atoms with Gasteiger partial charge in [-0.15, -0.1) is 0 Å². The molecule has 7 heteroatoms. The molecule has 0 amide bonds. The molecule has 2 fully saturated rings. The number of benzene rings is 2. The molecule has 4 rings (SSSR count). The Morgan fingerprint density at radius 3 is 1.94 bits per heavy atom. The summed E-state index contributed by atoms with van der Waals surface area (Å²) >= 11 is 0. The van der Waals surface area contributed by atoms with Crippen molar-refractivity contribution in [2.75, 3.05) is 6.61 Å². The summed E-state index contributed by atoms with van der Waals surface area (Å²) in [5.74, 6) is -0.679. The molecule has 2 aromatic rings. The SMILES string of the molecule is CC(=O)OC[C@H]1C[C@H]2O[C@@H]1[C@H](O[Si](c1ccccc1)(c1ccccc1)C(C)(C)C)[C@H]2OC(C)=O. The molecule has 2 aliphatic rings. The van der Waals surface area contributed by atoms with E-state index in [0.717, 1.165) is 10.4 Å². The van der Waals surface area contributed by atoms with Gasteiger partial charge in [0.05, 0.1) is 18.8 Å². The Morgan fingerprint density at radius 1 is 0.912 bits per heavy atom. The molecule has 2 heterocycles. The molecule has 0 saturated carbocycles. The maximum absolute atomic E-state index is 12.0. The van der Waals surface area contributed by atoms with Crippen LogP contribution in [-0.2, 0) is 28.2 Å². The highest BCUT2D eigenvalue weighted by molar-refractivity contribution is 6.99. The summed E-state index contributed by atoms with van der Waals surface area (Å²) in [6.45, 7) is 9.73. The molecule has 2 aromatic carbocycles. The monoisotopic (exact) mass is 482 g/mol. The summed E-state index contributed by atoms with van der Waals surface area (Å²) in [5.41, 5.74) is 0. The molecule has 0 spiro atoms. The summed E-state index contributed by atoms with van der Waals surface area (Å²) in [6.07, 6.45) is -0.906. The number of carbonyl (C=O) groups is 2. The fourth-order valence-corrected chi connectivity index (χ4v) is 10.2. The lowest BCUT2D eigenvalue weighted by Gasteiger charge is -2.47. The van der Waals surface area contributed by atoms with Gasteiger partial charge in [0.2, 0.25) is 0 Å². The number of hydrogen-bond acceptors (Lipinski definition) is 6. The molecule has 2 saturated heterocycles. The van der Waals surface area contributed by atoms with Crippen molar-refractivity contribution < 1.29 is 28.2 Å². The summed E-state index contributed by atoms with van der Waals surface area (Å²) in [7, 11) is -2.90. The van der Waals surface area contributed by atoms with E-state index in [1.165, 1.54) is 13.8 Å². The molecule has 0 N–H and O–H groups in total. The van der Waals surface area contributed by atoms with E-state index in [1.54, 1.807) is 0 Å². The van der Waals surface area contributed by atoms with Gasteiger partial charge in [0.1, 0.15) is 6.10 Å². The number of carbonyl (C=O) groups excluding carboxylic acids is 2. The lowest BCUT2D eigenvalue weighted by molar-refractivity contribution is -0.153. The first-order valence-electron chi connectivity index (χ1n) is 11.9. The number of hydrogen-bond donors (Lipinski definition) is 0. The standard InChI is InChI=1S/C27H34O6Si/c1-18(28)30-17-20-16-23-25(31-19(2)29)26(24(20)32-23)33-34(27(3,4)5,21-12-8-6-9-13-21)22-14-10-7-11-15-22/h6-15,20,23-26H,16-17H2,1-5H3/t20-,23-,24+,25+,26+/m1/s1. The predicted molar refractivity (Wildman–Crippen MR) is 131 cm³/mol. The van der Waals surface area contributed by atoms with Crippen LogP contribution >= 0.6 is 0 Å². The number of rotatable bonds is 7. The van der Waals surface area contributed by atoms with Crippen LogP contribution in [0.15, 0.2) is 60.7 Å². The van der Waals surface area contributed by atoms with Crippen LogP contribution in [-0.4, -0.2) is 51.3 Å². The van der Waals surface area contributed by atoms with Crippen LogP contribution in [0.4, 0.5) is 0 Å². The van der Waals surface area contributed by atoms with Gasteiger partial charge in [-0.25, -0.2) is 0 Å². The van der Waals surface area contributed by atoms with Crippen LogP contribution in [0.3, 0.4) is 0 Å². The van der Waals surface area contributed by atoms with E-state index in [0.29, 0.717) is 6.42 Å². The summed E-state index contributed by atoms with van der Waals surface area (Å²) < 4.78 is 24.7. The van der Waals surface area contributed by atoms with E-state index >= 15 is 0 Å². The first-order chi connectivity index (χ1) is 16.1. The van der Waals surface area contributed by atoms with Crippen LogP contribution in [0.2, 0.25) is 5.04 Å². The summed E-state index contributed by atoms with van der Waals surface area (Å²) in [4.78, 5) is 23.5. The van der Waals surface area contributed by atoms with Crippen molar-refractivity contribution in [3.63, 3.8) is 0 Å². The molecule has 5 atom stereocenters. The van der Waals surface area contributed by atoms with Gasteiger partial charge in [0.15, 0.2) is 6.10 Å². The van der Waals surface area contributed by atoms with E-state index in [4.69, 9.17) is 18.6 Å². The van der Waals surface area contributed by atoms with E-state index in [2.05, 4.69) is 45.0 Å². The first kappa shape index (κ1) is 24.6. The van der Waals surface area contributed by atoms with Crippen LogP contribution in [0, 0.1) is 5.92 Å². The quantitative estimate of drug-likeness (QED) is 0.446. The number of ether oxygens (including phenoxy) is 3. The third-order valence-corrected chi connectivity index (χ3v) is 11.9. The molecule has 6 nitrogen and oxygen atoms in total. The van der Waals surface area contributed by atoms with Gasteiger partial charge in [-0.1, -0.05) is 81.4 Å². The third kappa shape index (κ3) is 4.56. The Bertz CT molecular complexity index is 963. The van der Waals surface area contributed by atoms with Crippen molar-refractivity contribution in [2.24, 2.45) is 5.92 Å². The van der Waals surface area contributed by atoms with E-state index in [9.17, 15) is 9.59 Å². The van der Waals surface area contributed by atoms with Crippen molar-refractivity contribution in [3.05, 3.63) is 60.7 Å². The predicted octanol–water partition coefficient (Wildman–Crippen LogP) is 3.21. The highest BCUT2D eigenvalue weighted by Crippen LogP contribution is 2.46. The molecule has 0 aliphatic carbocycles. The maximum Gasteiger partial charge on any atom is 0.303 e. The largest absolute Gasteiger partial charge is 0.465 e. The molecular formula is C27H34O6Si. The van der Waals surface area contributed by atoms with E-state index < -0.39 is 20.5 Å². The lowest BCUT2D eigenvalue weighted by atomic mass is 9.85. The van der Waals surface area contributed by atoms with Crippen molar-refractivity contribution in [1.82, 2.24) is 0 Å². The van der Waals surface area contributed by atoms with Crippen molar-refractivity contribution in [3.8, 4) is 0 Å². The van der Waals surface area contributed by atoms with Crippen LogP contribution in [0.5, 0.6) is 0 Å². The minimum absolute atomic E-state index is 0.0103. The van der Waals surface area contributed by atoms with Crippen LogP contribution < -0.4 is 10.4 Å². The Kier molecular flexibility index (Phi) is 6.98. The number of fused-ring (bicyclic) bond motifs is 2. The van der Waals surface area contributed by atoms with Gasteiger partial charge >= 0.3 is 11.9 Å². The van der Waals surface area contributed by atoms with Gasteiger partial charge in [0.25, 0.3) is 8.32 Å². The van der Waals surface area contributed by atoms with Crippen molar-refractivity contribution in [2.45, 2.75) is 70.5 Å². The van der Waals surface area contributed by atoms with Gasteiger partial charge in [-0.3, -0.25) is 9.59 Å². The second-order valence-electron chi connectivity index (χ2n) is 10.3. The Hall–Kier alpha value is -2.48. The fourth-order valence-electron chi connectivity index (χ4n) is 5.51. The second kappa shape index (κ2) is 9.64. The minimum atomic E-state index is -2.90. The van der Waals surface area contributed by atoms with Crippen molar-refractivity contribution in [1.29, 1.82) is 0 Å². The third-order valence-electron chi connectivity index (χ3n) is 6.88. The lowest BCUT2D eigenvalue weighted by Crippen LogP contribution is -2.69. The van der Waals surface area contributed by atoms with E-state index in [-0.39, 0.29) is 41.7 Å².